The van der Waals surface area contributed by atoms with Crippen molar-refractivity contribution in [1.29, 1.82) is 0 Å². The Morgan fingerprint density at radius 1 is 1.46 bits per heavy atom. The molecule has 2 rings (SSSR count). The Morgan fingerprint density at radius 2 is 2.21 bits per heavy atom. The van der Waals surface area contributed by atoms with Crippen LogP contribution in [0.2, 0.25) is 0 Å². The number of ether oxygens (including phenoxy) is 1. The first-order chi connectivity index (χ1) is 11.5. The molecule has 126 valence electrons. The molecule has 0 bridgehead atoms. The lowest BCUT2D eigenvalue weighted by Crippen LogP contribution is -2.43. The minimum absolute atomic E-state index is 0.000302. The number of benzene rings is 1. The second kappa shape index (κ2) is 7.68. The Kier molecular flexibility index (Phi) is 5.64. The van der Waals surface area contributed by atoms with E-state index in [1.165, 1.54) is 0 Å². The molecule has 1 heterocycles. The summed E-state index contributed by atoms with van der Waals surface area (Å²) in [6.07, 6.45) is 4.67. The lowest BCUT2D eigenvalue weighted by atomic mass is 9.98. The quantitative estimate of drug-likeness (QED) is 0.779. The predicted molar refractivity (Wildman–Crippen MR) is 99.3 cm³/mol. The van der Waals surface area contributed by atoms with E-state index >= 15 is 0 Å². The van der Waals surface area contributed by atoms with Crippen molar-refractivity contribution in [3.8, 4) is 5.75 Å². The molecule has 1 aliphatic rings. The highest BCUT2D eigenvalue weighted by molar-refractivity contribution is 5.80. The molecule has 0 aliphatic carbocycles. The number of nitrogens with one attached hydrogen (secondary N) is 1. The molecule has 0 radical (unpaired) electrons. The van der Waals surface area contributed by atoms with E-state index in [4.69, 9.17) is 4.74 Å². The number of amides is 1. The normalized spacial score (nSPS) is 17.0. The molecule has 1 aromatic rings. The Morgan fingerprint density at radius 3 is 2.83 bits per heavy atom. The van der Waals surface area contributed by atoms with Gasteiger partial charge in [0.15, 0.2) is 0 Å². The van der Waals surface area contributed by atoms with Gasteiger partial charge in [-0.1, -0.05) is 50.6 Å². The van der Waals surface area contributed by atoms with Gasteiger partial charge in [-0.25, -0.2) is 0 Å². The van der Waals surface area contributed by atoms with E-state index in [0.29, 0.717) is 25.1 Å². The average Bonchev–Trinajstić information content (AvgIpc) is 2.58. The maximum atomic E-state index is 11.5. The molecular formula is C20H24N2O2. The van der Waals surface area contributed by atoms with Crippen molar-refractivity contribution in [3.63, 3.8) is 0 Å². The summed E-state index contributed by atoms with van der Waals surface area (Å²) in [5.41, 5.74) is 3.33. The molecule has 0 spiro atoms. The van der Waals surface area contributed by atoms with Crippen molar-refractivity contribution in [3.05, 3.63) is 67.4 Å². The van der Waals surface area contributed by atoms with Crippen LogP contribution in [-0.4, -0.2) is 30.5 Å². The number of nitrogens with zero attached hydrogens (tertiary/aromatic N) is 1. The number of piperidine rings is 1. The highest BCUT2D eigenvalue weighted by atomic mass is 16.5. The number of hydrogen-bond donors (Lipinski definition) is 1. The lowest BCUT2D eigenvalue weighted by molar-refractivity contribution is -0.121. The third kappa shape index (κ3) is 3.59. The van der Waals surface area contributed by atoms with Crippen molar-refractivity contribution in [2.75, 3.05) is 13.7 Å². The molecule has 4 nitrogen and oxygen atoms in total. The van der Waals surface area contributed by atoms with E-state index in [0.717, 1.165) is 22.6 Å². The van der Waals surface area contributed by atoms with Gasteiger partial charge in [0.2, 0.25) is 5.91 Å². The summed E-state index contributed by atoms with van der Waals surface area (Å²) in [7, 11) is 1.95. The SMILES string of the molecule is C=CCOc1cccc(C=C)c1C(=C)N(C)C1CCC(=O)NC1=C. The monoisotopic (exact) mass is 324 g/mol. The number of carbonyl (C=O) groups is 1. The van der Waals surface area contributed by atoms with Gasteiger partial charge in [0.25, 0.3) is 0 Å². The summed E-state index contributed by atoms with van der Waals surface area (Å²) in [6, 6.07) is 5.80. The Hall–Kier alpha value is -2.75. The summed E-state index contributed by atoms with van der Waals surface area (Å²) >= 11 is 0. The van der Waals surface area contributed by atoms with Gasteiger partial charge in [0.1, 0.15) is 12.4 Å². The molecule has 1 fully saturated rings. The van der Waals surface area contributed by atoms with Gasteiger partial charge >= 0.3 is 0 Å². The maximum absolute atomic E-state index is 11.5. The van der Waals surface area contributed by atoms with Crippen molar-refractivity contribution < 1.29 is 9.53 Å². The average molecular weight is 324 g/mol. The van der Waals surface area contributed by atoms with Gasteiger partial charge in [-0.05, 0) is 18.1 Å². The lowest BCUT2D eigenvalue weighted by Gasteiger charge is -2.36. The summed E-state index contributed by atoms with van der Waals surface area (Å²) in [5, 5.41) is 2.81. The topological polar surface area (TPSA) is 41.6 Å². The number of hydrogen-bond acceptors (Lipinski definition) is 3. The summed E-state index contributed by atoms with van der Waals surface area (Å²) < 4.78 is 5.79. The van der Waals surface area contributed by atoms with Gasteiger partial charge < -0.3 is 15.0 Å². The maximum Gasteiger partial charge on any atom is 0.224 e. The van der Waals surface area contributed by atoms with Crippen molar-refractivity contribution in [1.82, 2.24) is 10.2 Å². The molecule has 24 heavy (non-hydrogen) atoms. The van der Waals surface area contributed by atoms with Crippen LogP contribution in [0.1, 0.15) is 24.0 Å². The van der Waals surface area contributed by atoms with Crippen LogP contribution >= 0.6 is 0 Å². The van der Waals surface area contributed by atoms with Crippen molar-refractivity contribution >= 4 is 17.7 Å². The summed E-state index contributed by atoms with van der Waals surface area (Å²) in [4.78, 5) is 13.5. The molecule has 0 aromatic heterocycles. The van der Waals surface area contributed by atoms with Crippen LogP contribution in [0, 0.1) is 0 Å². The second-order valence-electron chi connectivity index (χ2n) is 5.71. The zero-order chi connectivity index (χ0) is 17.7. The van der Waals surface area contributed by atoms with E-state index < -0.39 is 0 Å². The zero-order valence-corrected chi connectivity index (χ0v) is 14.2. The first kappa shape index (κ1) is 17.6. The number of carbonyl (C=O) groups excluding carboxylic acids is 1. The van der Waals surface area contributed by atoms with E-state index in [9.17, 15) is 4.79 Å². The van der Waals surface area contributed by atoms with Crippen molar-refractivity contribution in [2.45, 2.75) is 18.9 Å². The Balaban J connectivity index is 2.33. The van der Waals surface area contributed by atoms with Crippen molar-refractivity contribution in [2.24, 2.45) is 0 Å². The zero-order valence-electron chi connectivity index (χ0n) is 14.2. The highest BCUT2D eigenvalue weighted by Gasteiger charge is 2.27. The molecule has 1 saturated heterocycles. The Bertz CT molecular complexity index is 691. The molecule has 1 amide bonds. The molecule has 1 unspecified atom stereocenters. The third-order valence-corrected chi connectivity index (χ3v) is 4.16. The molecule has 1 aliphatic heterocycles. The number of rotatable bonds is 7. The minimum Gasteiger partial charge on any atom is -0.489 e. The van der Waals surface area contributed by atoms with E-state index in [-0.39, 0.29) is 11.9 Å². The second-order valence-corrected chi connectivity index (χ2v) is 5.71. The molecule has 4 heteroatoms. The van der Waals surface area contributed by atoms with Gasteiger partial charge in [-0.3, -0.25) is 4.79 Å². The highest BCUT2D eigenvalue weighted by Crippen LogP contribution is 2.34. The van der Waals surface area contributed by atoms with Crippen LogP contribution in [0.4, 0.5) is 0 Å². The van der Waals surface area contributed by atoms with E-state index in [2.05, 4.69) is 31.6 Å². The first-order valence-electron chi connectivity index (χ1n) is 7.89. The van der Waals surface area contributed by atoms with Gasteiger partial charge in [0.05, 0.1) is 6.04 Å². The van der Waals surface area contributed by atoms with Gasteiger partial charge in [0, 0.05) is 30.4 Å². The van der Waals surface area contributed by atoms with E-state index in [1.54, 1.807) is 12.2 Å². The van der Waals surface area contributed by atoms with E-state index in [1.807, 2.05) is 30.1 Å². The van der Waals surface area contributed by atoms with Crippen LogP contribution in [-0.2, 0) is 4.79 Å². The fourth-order valence-corrected chi connectivity index (χ4v) is 2.85. The largest absolute Gasteiger partial charge is 0.489 e. The van der Waals surface area contributed by atoms with Crippen LogP contribution in [0.15, 0.2) is 56.3 Å². The minimum atomic E-state index is 0.000302. The molecule has 1 atom stereocenters. The third-order valence-electron chi connectivity index (χ3n) is 4.16. The van der Waals surface area contributed by atoms with Crippen LogP contribution in [0.25, 0.3) is 11.8 Å². The van der Waals surface area contributed by atoms with Gasteiger partial charge in [-0.2, -0.15) is 0 Å². The standard InChI is InChI=1S/C20H24N2O2/c1-6-13-24-18-10-8-9-16(7-2)20(18)15(4)22(5)17-11-12-19(23)21-14(17)3/h6-10,17H,1-4,11-13H2,5H3,(H,21,23). The number of likely N-dealkylation sites (N-methyl/N-ethyl adjacent to an activating group) is 1. The predicted octanol–water partition coefficient (Wildman–Crippen LogP) is 3.59. The van der Waals surface area contributed by atoms with Crippen LogP contribution < -0.4 is 10.1 Å². The van der Waals surface area contributed by atoms with Crippen LogP contribution in [0.3, 0.4) is 0 Å². The fourth-order valence-electron chi connectivity index (χ4n) is 2.85. The smallest absolute Gasteiger partial charge is 0.224 e. The molecule has 1 N–H and O–H groups in total. The van der Waals surface area contributed by atoms with Crippen LogP contribution in [0.5, 0.6) is 5.75 Å². The Labute approximate surface area is 143 Å². The van der Waals surface area contributed by atoms with Gasteiger partial charge in [-0.15, -0.1) is 0 Å². The summed E-state index contributed by atoms with van der Waals surface area (Å²) in [6.45, 7) is 16.2. The molecule has 0 saturated carbocycles. The fraction of sp³-hybridized carbons (Fsp3) is 0.250. The first-order valence-corrected chi connectivity index (χ1v) is 7.89. The molecule has 1 aromatic carbocycles. The molecular weight excluding hydrogens is 300 g/mol. The summed E-state index contributed by atoms with van der Waals surface area (Å²) in [5.74, 6) is 0.742.